The summed E-state index contributed by atoms with van der Waals surface area (Å²) < 4.78 is 51.0. The number of benzene rings is 2. The Balaban J connectivity index is 1.20. The first-order valence-electron chi connectivity index (χ1n) is 13.9. The van der Waals surface area contributed by atoms with Gasteiger partial charge in [-0.2, -0.15) is 13.2 Å². The summed E-state index contributed by atoms with van der Waals surface area (Å²) in [6.45, 7) is 4.19. The maximum atomic E-state index is 13.6. The standard InChI is InChI=1S/C30H31F3N4O5/c1-2-41-29(40)23-10-6-9-22(23)28(39)37-17-15-36(16-18-37)21-13-11-20(12-14-21)34-26(38)24-25(30(31,32)33)42-27(35-24)19-7-4-3-5-8-19/h3-5,7-8,11-14,22-23H,2,6,9-10,15-18H2,1H3,(H,34,38)/t22-,23-/m0/s1. The molecular formula is C30H31F3N4O5. The predicted octanol–water partition coefficient (Wildman–Crippen LogP) is 5.24. The molecule has 2 heterocycles. The molecule has 1 saturated heterocycles. The number of ether oxygens (including phenoxy) is 1. The Kier molecular flexibility index (Phi) is 8.51. The van der Waals surface area contributed by atoms with E-state index in [0.29, 0.717) is 56.9 Å². The minimum absolute atomic E-state index is 0.00947. The molecule has 5 rings (SSSR count). The van der Waals surface area contributed by atoms with Gasteiger partial charge in [-0.1, -0.05) is 24.6 Å². The third-order valence-corrected chi connectivity index (χ3v) is 7.62. The van der Waals surface area contributed by atoms with Gasteiger partial charge in [-0.15, -0.1) is 0 Å². The number of hydrogen-bond donors (Lipinski definition) is 1. The number of halogens is 3. The van der Waals surface area contributed by atoms with Crippen molar-refractivity contribution in [3.05, 3.63) is 66.1 Å². The van der Waals surface area contributed by atoms with Gasteiger partial charge in [0.05, 0.1) is 18.4 Å². The van der Waals surface area contributed by atoms with Gasteiger partial charge in [0, 0.05) is 43.1 Å². The monoisotopic (exact) mass is 584 g/mol. The molecule has 1 N–H and O–H groups in total. The second-order valence-corrected chi connectivity index (χ2v) is 10.3. The molecule has 42 heavy (non-hydrogen) atoms. The summed E-state index contributed by atoms with van der Waals surface area (Å²) in [5, 5.41) is 2.47. The van der Waals surface area contributed by atoms with Crippen LogP contribution >= 0.6 is 0 Å². The fourth-order valence-corrected chi connectivity index (χ4v) is 5.52. The van der Waals surface area contributed by atoms with Gasteiger partial charge >= 0.3 is 12.1 Å². The van der Waals surface area contributed by atoms with E-state index in [1.54, 1.807) is 54.3 Å². The maximum Gasteiger partial charge on any atom is 0.452 e. The van der Waals surface area contributed by atoms with Crippen molar-refractivity contribution in [2.45, 2.75) is 32.4 Å². The molecule has 2 fully saturated rings. The Morgan fingerprint density at radius 2 is 1.64 bits per heavy atom. The Morgan fingerprint density at radius 1 is 0.976 bits per heavy atom. The summed E-state index contributed by atoms with van der Waals surface area (Å²) >= 11 is 0. The second-order valence-electron chi connectivity index (χ2n) is 10.3. The average molecular weight is 585 g/mol. The molecule has 2 aliphatic rings. The molecule has 2 amide bonds. The van der Waals surface area contributed by atoms with Crippen molar-refractivity contribution >= 4 is 29.2 Å². The second kappa shape index (κ2) is 12.3. The molecule has 1 saturated carbocycles. The number of esters is 1. The highest BCUT2D eigenvalue weighted by molar-refractivity contribution is 6.04. The van der Waals surface area contributed by atoms with Crippen molar-refractivity contribution in [3.8, 4) is 11.5 Å². The molecule has 0 spiro atoms. The Bertz CT molecular complexity index is 1420. The number of anilines is 2. The van der Waals surface area contributed by atoms with Crippen molar-refractivity contribution < 1.29 is 36.7 Å². The largest absolute Gasteiger partial charge is 0.466 e. The lowest BCUT2D eigenvalue weighted by atomic mass is 9.94. The van der Waals surface area contributed by atoms with Crippen molar-refractivity contribution in [2.75, 3.05) is 43.0 Å². The van der Waals surface area contributed by atoms with Crippen LogP contribution < -0.4 is 10.2 Å². The third kappa shape index (κ3) is 6.27. The van der Waals surface area contributed by atoms with Crippen molar-refractivity contribution in [1.82, 2.24) is 9.88 Å². The van der Waals surface area contributed by atoms with Gasteiger partial charge in [0.25, 0.3) is 5.91 Å². The van der Waals surface area contributed by atoms with Gasteiger partial charge in [0.2, 0.25) is 17.6 Å². The predicted molar refractivity (Wildman–Crippen MR) is 148 cm³/mol. The zero-order valence-corrected chi connectivity index (χ0v) is 23.0. The first kappa shape index (κ1) is 29.2. The first-order valence-corrected chi connectivity index (χ1v) is 13.9. The normalized spacial score (nSPS) is 19.0. The van der Waals surface area contributed by atoms with Crippen LogP contribution in [0.15, 0.2) is 59.0 Å². The number of amides is 2. The number of piperazine rings is 1. The lowest BCUT2D eigenvalue weighted by Crippen LogP contribution is -2.51. The first-order chi connectivity index (χ1) is 20.2. The average Bonchev–Trinajstić information content (AvgIpc) is 3.67. The highest BCUT2D eigenvalue weighted by Crippen LogP contribution is 2.36. The van der Waals surface area contributed by atoms with Gasteiger partial charge in [-0.05, 0) is 56.2 Å². The van der Waals surface area contributed by atoms with Gasteiger partial charge in [-0.3, -0.25) is 14.4 Å². The fourth-order valence-electron chi connectivity index (χ4n) is 5.52. The quantitative estimate of drug-likeness (QED) is 0.379. The van der Waals surface area contributed by atoms with Crippen molar-refractivity contribution in [3.63, 3.8) is 0 Å². The Morgan fingerprint density at radius 3 is 2.29 bits per heavy atom. The lowest BCUT2D eigenvalue weighted by molar-refractivity contribution is -0.154. The molecule has 2 atom stereocenters. The molecule has 222 valence electrons. The maximum absolute atomic E-state index is 13.6. The number of nitrogens with zero attached hydrogens (tertiary/aromatic N) is 3. The van der Waals surface area contributed by atoms with Crippen LogP contribution in [0.25, 0.3) is 11.5 Å². The Hall–Kier alpha value is -4.35. The minimum atomic E-state index is -4.91. The summed E-state index contributed by atoms with van der Waals surface area (Å²) in [4.78, 5) is 46.0. The SMILES string of the molecule is CCOC(=O)[C@H]1CCC[C@@H]1C(=O)N1CCN(c2ccc(NC(=O)c3nc(-c4ccccc4)oc3C(F)(F)F)cc2)CC1. The summed E-state index contributed by atoms with van der Waals surface area (Å²) in [7, 11) is 0. The highest BCUT2D eigenvalue weighted by atomic mass is 19.4. The van der Waals surface area contributed by atoms with Crippen LogP contribution in [0.5, 0.6) is 0 Å². The topological polar surface area (TPSA) is 105 Å². The molecule has 9 nitrogen and oxygen atoms in total. The number of aromatic nitrogens is 1. The van der Waals surface area contributed by atoms with Gasteiger partial charge in [-0.25, -0.2) is 4.98 Å². The number of hydrogen-bond acceptors (Lipinski definition) is 7. The van der Waals surface area contributed by atoms with Gasteiger partial charge in [0.1, 0.15) is 0 Å². The van der Waals surface area contributed by atoms with Crippen LogP contribution in [0.1, 0.15) is 42.4 Å². The van der Waals surface area contributed by atoms with E-state index < -0.39 is 23.5 Å². The zero-order chi connectivity index (χ0) is 29.9. The molecule has 0 radical (unpaired) electrons. The van der Waals surface area contributed by atoms with Crippen LogP contribution in [0.4, 0.5) is 24.5 Å². The molecule has 3 aromatic rings. The van der Waals surface area contributed by atoms with Crippen LogP contribution in [-0.2, 0) is 20.5 Å². The molecule has 1 aliphatic carbocycles. The molecule has 1 aliphatic heterocycles. The van der Waals surface area contributed by atoms with E-state index in [9.17, 15) is 27.6 Å². The van der Waals surface area contributed by atoms with Crippen molar-refractivity contribution in [2.24, 2.45) is 11.8 Å². The van der Waals surface area contributed by atoms with E-state index in [-0.39, 0.29) is 29.6 Å². The summed E-state index contributed by atoms with van der Waals surface area (Å²) in [5.41, 5.74) is 0.601. The molecule has 2 aromatic carbocycles. The molecule has 0 unspecified atom stereocenters. The smallest absolute Gasteiger partial charge is 0.452 e. The van der Waals surface area contributed by atoms with E-state index >= 15 is 0 Å². The molecule has 0 bridgehead atoms. The minimum Gasteiger partial charge on any atom is -0.466 e. The number of nitrogens with one attached hydrogen (secondary N) is 1. The highest BCUT2D eigenvalue weighted by Gasteiger charge is 2.42. The summed E-state index contributed by atoms with van der Waals surface area (Å²) in [6, 6.07) is 14.7. The van der Waals surface area contributed by atoms with E-state index in [4.69, 9.17) is 9.15 Å². The third-order valence-electron chi connectivity index (χ3n) is 7.62. The fraction of sp³-hybridized carbons (Fsp3) is 0.400. The Labute approximate surface area is 240 Å². The zero-order valence-electron chi connectivity index (χ0n) is 23.0. The summed E-state index contributed by atoms with van der Waals surface area (Å²) in [6.07, 6.45) is -2.73. The number of rotatable bonds is 7. The number of oxazole rings is 1. The van der Waals surface area contributed by atoms with E-state index in [0.717, 1.165) is 12.1 Å². The number of carbonyl (C=O) groups excluding carboxylic acids is 3. The van der Waals surface area contributed by atoms with Crippen LogP contribution in [0, 0.1) is 11.8 Å². The molecule has 12 heteroatoms. The van der Waals surface area contributed by atoms with Gasteiger partial charge in [0.15, 0.2) is 5.69 Å². The van der Waals surface area contributed by atoms with Crippen LogP contribution in [0.3, 0.4) is 0 Å². The van der Waals surface area contributed by atoms with Gasteiger partial charge < -0.3 is 24.3 Å². The molecular weight excluding hydrogens is 553 g/mol. The number of alkyl halides is 3. The van der Waals surface area contributed by atoms with Crippen molar-refractivity contribution in [1.29, 1.82) is 0 Å². The molecule has 1 aromatic heterocycles. The van der Waals surface area contributed by atoms with E-state index in [1.807, 2.05) is 0 Å². The summed E-state index contributed by atoms with van der Waals surface area (Å²) in [5.74, 6) is -3.84. The van der Waals surface area contributed by atoms with Crippen LogP contribution in [-0.4, -0.2) is 60.5 Å². The lowest BCUT2D eigenvalue weighted by Gasteiger charge is -2.37. The van der Waals surface area contributed by atoms with Crippen LogP contribution in [0.2, 0.25) is 0 Å². The van der Waals surface area contributed by atoms with E-state index in [1.165, 1.54) is 12.1 Å². The number of carbonyl (C=O) groups is 3. The van der Waals surface area contributed by atoms with E-state index in [2.05, 4.69) is 15.2 Å².